The summed E-state index contributed by atoms with van der Waals surface area (Å²) in [5.74, 6) is -2.66. The summed E-state index contributed by atoms with van der Waals surface area (Å²) in [7, 11) is 0. The predicted octanol–water partition coefficient (Wildman–Crippen LogP) is 7.61. The van der Waals surface area contributed by atoms with Gasteiger partial charge < -0.3 is 20.4 Å². The Balaban J connectivity index is 1.47. The van der Waals surface area contributed by atoms with Gasteiger partial charge in [0.05, 0.1) is 5.56 Å². The van der Waals surface area contributed by atoms with E-state index in [1.54, 1.807) is 24.3 Å². The summed E-state index contributed by atoms with van der Waals surface area (Å²) in [6.45, 7) is 2.44. The van der Waals surface area contributed by atoms with E-state index in [2.05, 4.69) is 24.4 Å². The molecule has 0 aliphatic rings. The van der Waals surface area contributed by atoms with Gasteiger partial charge in [0.15, 0.2) is 0 Å². The lowest BCUT2D eigenvalue weighted by molar-refractivity contribution is -0.137. The zero-order chi connectivity index (χ0) is 33.3. The molecular formula is C36H35F3N2O5. The van der Waals surface area contributed by atoms with Gasteiger partial charge in [-0.15, -0.1) is 0 Å². The third kappa shape index (κ3) is 9.20. The van der Waals surface area contributed by atoms with E-state index in [4.69, 9.17) is 0 Å². The maximum atomic E-state index is 13.5. The molecule has 7 nitrogen and oxygen atoms in total. The molecule has 4 aromatic carbocycles. The van der Waals surface area contributed by atoms with E-state index in [9.17, 15) is 37.8 Å². The molecule has 46 heavy (non-hydrogen) atoms. The third-order valence-electron chi connectivity index (χ3n) is 7.55. The number of hydrogen-bond acceptors (Lipinski definition) is 4. The highest BCUT2D eigenvalue weighted by Crippen LogP contribution is 2.29. The van der Waals surface area contributed by atoms with E-state index in [0.717, 1.165) is 42.7 Å². The first-order chi connectivity index (χ1) is 21.9. The van der Waals surface area contributed by atoms with Crippen molar-refractivity contribution >= 4 is 17.8 Å². The summed E-state index contributed by atoms with van der Waals surface area (Å²) in [6, 6.07) is 22.4. The molecule has 0 aliphatic heterocycles. The molecule has 0 heterocycles. The van der Waals surface area contributed by atoms with Crippen LogP contribution in [0.5, 0.6) is 5.75 Å². The summed E-state index contributed by atoms with van der Waals surface area (Å²) in [5, 5.41) is 22.2. The Labute approximate surface area is 265 Å². The van der Waals surface area contributed by atoms with Crippen molar-refractivity contribution in [2.24, 2.45) is 0 Å². The molecule has 10 heteroatoms. The molecule has 2 amide bonds. The van der Waals surface area contributed by atoms with Crippen LogP contribution in [0, 0.1) is 0 Å². The van der Waals surface area contributed by atoms with E-state index in [1.165, 1.54) is 41.5 Å². The Bertz CT molecular complexity index is 1650. The fourth-order valence-electron chi connectivity index (χ4n) is 4.93. The number of aromatic hydroxyl groups is 1. The Morgan fingerprint density at radius 3 is 1.91 bits per heavy atom. The minimum atomic E-state index is -4.56. The second kappa shape index (κ2) is 15.2. The molecule has 0 saturated carbocycles. The van der Waals surface area contributed by atoms with E-state index in [-0.39, 0.29) is 30.1 Å². The summed E-state index contributed by atoms with van der Waals surface area (Å²) in [4.78, 5) is 39.2. The number of nitrogens with one attached hydrogen (secondary N) is 1. The number of aromatic carboxylic acids is 1. The van der Waals surface area contributed by atoms with Crippen LogP contribution in [0.2, 0.25) is 0 Å². The van der Waals surface area contributed by atoms with Crippen molar-refractivity contribution in [3.05, 3.63) is 136 Å². The number of amides is 2. The molecule has 4 aromatic rings. The van der Waals surface area contributed by atoms with Gasteiger partial charge in [0.25, 0.3) is 11.8 Å². The van der Waals surface area contributed by atoms with Crippen LogP contribution in [0.1, 0.15) is 85.1 Å². The molecular weight excluding hydrogens is 597 g/mol. The summed E-state index contributed by atoms with van der Waals surface area (Å²) >= 11 is 0. The van der Waals surface area contributed by atoms with Crippen LogP contribution in [0.25, 0.3) is 0 Å². The second-order valence-corrected chi connectivity index (χ2v) is 11.0. The van der Waals surface area contributed by atoms with Gasteiger partial charge in [-0.25, -0.2) is 4.79 Å². The number of rotatable bonds is 13. The third-order valence-corrected chi connectivity index (χ3v) is 7.55. The Kier molecular flexibility index (Phi) is 11.2. The van der Waals surface area contributed by atoms with Crippen molar-refractivity contribution < 1.29 is 37.8 Å². The Morgan fingerprint density at radius 2 is 1.30 bits per heavy atom. The molecule has 0 aliphatic carbocycles. The maximum Gasteiger partial charge on any atom is 0.416 e. The van der Waals surface area contributed by atoms with Crippen molar-refractivity contribution in [2.45, 2.75) is 58.4 Å². The van der Waals surface area contributed by atoms with E-state index < -0.39 is 29.4 Å². The molecule has 0 bridgehead atoms. The van der Waals surface area contributed by atoms with E-state index in [0.29, 0.717) is 23.2 Å². The number of alkyl halides is 3. The highest BCUT2D eigenvalue weighted by atomic mass is 19.4. The summed E-state index contributed by atoms with van der Waals surface area (Å²) in [6.07, 6.45) is -0.0346. The number of carboxylic acids is 1. The number of carboxylic acid groups (broad SMARTS) is 1. The lowest BCUT2D eigenvalue weighted by Gasteiger charge is -2.24. The van der Waals surface area contributed by atoms with Crippen LogP contribution in [-0.4, -0.2) is 32.9 Å². The van der Waals surface area contributed by atoms with Gasteiger partial charge in [-0.2, -0.15) is 13.2 Å². The monoisotopic (exact) mass is 632 g/mol. The number of benzene rings is 4. The standard InChI is InChI=1S/C36H35F3N2O5/c1-2-3-4-5-24-6-8-25(9-7-24)21-40-33(43)28-13-10-26(11-14-28)22-41(23-27-12-19-32(42)31(20-27)35(45)46)34(44)29-15-17-30(18-16-29)36(37,38)39/h6-20,42H,2-5,21-23H2,1H3,(H,40,43)(H,45,46). The first kappa shape index (κ1) is 33.8. The number of carbonyl (C=O) groups excluding carboxylic acids is 2. The SMILES string of the molecule is CCCCCc1ccc(CNC(=O)c2ccc(CN(Cc3ccc(O)c(C(=O)O)c3)C(=O)c3ccc(C(F)(F)F)cc3)cc2)cc1. The minimum absolute atomic E-state index is 0.00947. The van der Waals surface area contributed by atoms with Crippen molar-refractivity contribution in [1.29, 1.82) is 0 Å². The predicted molar refractivity (Wildman–Crippen MR) is 167 cm³/mol. The van der Waals surface area contributed by atoms with Crippen LogP contribution < -0.4 is 5.32 Å². The highest BCUT2D eigenvalue weighted by Gasteiger charge is 2.30. The minimum Gasteiger partial charge on any atom is -0.507 e. The van der Waals surface area contributed by atoms with E-state index in [1.807, 2.05) is 12.1 Å². The van der Waals surface area contributed by atoms with Gasteiger partial charge in [-0.3, -0.25) is 9.59 Å². The van der Waals surface area contributed by atoms with Crippen LogP contribution in [0.15, 0.2) is 91.0 Å². The molecule has 4 rings (SSSR count). The Hall–Kier alpha value is -5.12. The van der Waals surface area contributed by atoms with Crippen LogP contribution >= 0.6 is 0 Å². The van der Waals surface area contributed by atoms with Crippen molar-refractivity contribution in [3.63, 3.8) is 0 Å². The molecule has 0 fully saturated rings. The Morgan fingerprint density at radius 1 is 0.739 bits per heavy atom. The van der Waals surface area contributed by atoms with Gasteiger partial charge in [0.1, 0.15) is 11.3 Å². The number of halogens is 3. The lowest BCUT2D eigenvalue weighted by atomic mass is 10.1. The quantitative estimate of drug-likeness (QED) is 0.132. The molecule has 0 aromatic heterocycles. The topological polar surface area (TPSA) is 107 Å². The summed E-state index contributed by atoms with van der Waals surface area (Å²) in [5.41, 5.74) is 2.43. The second-order valence-electron chi connectivity index (χ2n) is 11.0. The molecule has 0 radical (unpaired) electrons. The largest absolute Gasteiger partial charge is 0.507 e. The number of aryl methyl sites for hydroxylation is 1. The number of nitrogens with zero attached hydrogens (tertiary/aromatic N) is 1. The average Bonchev–Trinajstić information content (AvgIpc) is 3.04. The zero-order valence-corrected chi connectivity index (χ0v) is 25.3. The maximum absolute atomic E-state index is 13.5. The normalized spacial score (nSPS) is 11.2. The van der Waals surface area contributed by atoms with Crippen molar-refractivity contribution in [1.82, 2.24) is 10.2 Å². The molecule has 240 valence electrons. The van der Waals surface area contributed by atoms with Gasteiger partial charge in [0, 0.05) is 30.8 Å². The first-order valence-corrected chi connectivity index (χ1v) is 14.9. The fourth-order valence-corrected chi connectivity index (χ4v) is 4.93. The zero-order valence-electron chi connectivity index (χ0n) is 25.3. The summed E-state index contributed by atoms with van der Waals surface area (Å²) < 4.78 is 39.3. The number of carbonyl (C=O) groups is 3. The fraction of sp³-hybridized carbons (Fsp3) is 0.250. The van der Waals surface area contributed by atoms with Gasteiger partial charge >= 0.3 is 12.1 Å². The van der Waals surface area contributed by atoms with Crippen LogP contribution in [0.3, 0.4) is 0 Å². The van der Waals surface area contributed by atoms with Crippen molar-refractivity contribution in [3.8, 4) is 5.75 Å². The van der Waals surface area contributed by atoms with E-state index >= 15 is 0 Å². The number of phenols is 1. The highest BCUT2D eigenvalue weighted by molar-refractivity contribution is 5.95. The number of unbranched alkanes of at least 4 members (excludes halogenated alkanes) is 2. The molecule has 0 saturated heterocycles. The molecule has 3 N–H and O–H groups in total. The first-order valence-electron chi connectivity index (χ1n) is 14.9. The van der Waals surface area contributed by atoms with Crippen LogP contribution in [-0.2, 0) is 32.2 Å². The smallest absolute Gasteiger partial charge is 0.416 e. The molecule has 0 atom stereocenters. The molecule has 0 spiro atoms. The average molecular weight is 633 g/mol. The lowest BCUT2D eigenvalue weighted by Crippen LogP contribution is -2.30. The van der Waals surface area contributed by atoms with Gasteiger partial charge in [-0.1, -0.05) is 62.2 Å². The van der Waals surface area contributed by atoms with Crippen LogP contribution in [0.4, 0.5) is 13.2 Å². The van der Waals surface area contributed by atoms with Gasteiger partial charge in [-0.05, 0) is 83.6 Å². The van der Waals surface area contributed by atoms with Crippen molar-refractivity contribution in [2.75, 3.05) is 0 Å². The van der Waals surface area contributed by atoms with Gasteiger partial charge in [0.2, 0.25) is 0 Å². The molecule has 0 unspecified atom stereocenters. The number of hydrogen-bond donors (Lipinski definition) is 3.